The molecule has 3 nitrogen and oxygen atoms in total. The fourth-order valence-corrected chi connectivity index (χ4v) is 2.71. The number of aryl methyl sites for hydroxylation is 1. The molecular weight excluding hydrogens is 277 g/mol. The van der Waals surface area contributed by atoms with Gasteiger partial charge in [0.25, 0.3) is 0 Å². The van der Waals surface area contributed by atoms with Crippen LogP contribution in [0.1, 0.15) is 22.9 Å². The van der Waals surface area contributed by atoms with Gasteiger partial charge in [-0.2, -0.15) is 5.10 Å². The van der Waals surface area contributed by atoms with Crippen LogP contribution in [0.25, 0.3) is 5.69 Å². The summed E-state index contributed by atoms with van der Waals surface area (Å²) in [6, 6.07) is 18.6. The Morgan fingerprint density at radius 2 is 1.77 bits per heavy atom. The highest BCUT2D eigenvalue weighted by Gasteiger charge is 2.21. The maximum atomic E-state index is 14.2. The van der Waals surface area contributed by atoms with E-state index in [4.69, 9.17) is 5.73 Å². The summed E-state index contributed by atoms with van der Waals surface area (Å²) in [5.41, 5.74) is 9.28. The Kier molecular flexibility index (Phi) is 4.02. The molecule has 1 heterocycles. The van der Waals surface area contributed by atoms with Crippen LogP contribution in [0.15, 0.2) is 60.7 Å². The lowest BCUT2D eigenvalue weighted by Gasteiger charge is -2.18. The van der Waals surface area contributed by atoms with Crippen molar-refractivity contribution in [2.75, 3.05) is 6.54 Å². The molecule has 0 aliphatic rings. The van der Waals surface area contributed by atoms with Gasteiger partial charge < -0.3 is 5.73 Å². The van der Waals surface area contributed by atoms with Gasteiger partial charge in [0.2, 0.25) is 0 Å². The van der Waals surface area contributed by atoms with Gasteiger partial charge in [0, 0.05) is 12.5 Å². The summed E-state index contributed by atoms with van der Waals surface area (Å²) in [6.07, 6.45) is 0. The Hall–Kier alpha value is -2.46. The van der Waals surface area contributed by atoms with Gasteiger partial charge in [-0.25, -0.2) is 9.07 Å². The molecule has 2 N–H and O–H groups in total. The predicted octanol–water partition coefficient (Wildman–Crippen LogP) is 3.41. The Morgan fingerprint density at radius 3 is 2.45 bits per heavy atom. The van der Waals surface area contributed by atoms with E-state index >= 15 is 0 Å². The molecule has 0 saturated carbocycles. The first-order chi connectivity index (χ1) is 10.7. The molecule has 0 aliphatic heterocycles. The number of hydrogen-bond acceptors (Lipinski definition) is 2. The van der Waals surface area contributed by atoms with Gasteiger partial charge in [-0.1, -0.05) is 36.4 Å². The first-order valence-corrected chi connectivity index (χ1v) is 7.27. The number of halogens is 1. The van der Waals surface area contributed by atoms with Crippen molar-refractivity contribution in [1.29, 1.82) is 0 Å². The third kappa shape index (κ3) is 2.65. The average molecular weight is 295 g/mol. The number of aromatic nitrogens is 2. The molecule has 2 aromatic carbocycles. The maximum Gasteiger partial charge on any atom is 0.127 e. The number of benzene rings is 2. The highest BCUT2D eigenvalue weighted by Crippen LogP contribution is 2.28. The molecule has 0 fully saturated rings. The van der Waals surface area contributed by atoms with E-state index in [2.05, 4.69) is 5.10 Å². The summed E-state index contributed by atoms with van der Waals surface area (Å²) in [7, 11) is 0. The minimum absolute atomic E-state index is 0.234. The zero-order valence-corrected chi connectivity index (χ0v) is 12.4. The van der Waals surface area contributed by atoms with Crippen molar-refractivity contribution < 1.29 is 4.39 Å². The van der Waals surface area contributed by atoms with E-state index in [0.29, 0.717) is 12.1 Å². The van der Waals surface area contributed by atoms with E-state index in [0.717, 1.165) is 17.1 Å². The second kappa shape index (κ2) is 6.12. The van der Waals surface area contributed by atoms with Crippen LogP contribution in [0.2, 0.25) is 0 Å². The topological polar surface area (TPSA) is 43.8 Å². The molecule has 0 bridgehead atoms. The van der Waals surface area contributed by atoms with Crippen molar-refractivity contribution >= 4 is 0 Å². The largest absolute Gasteiger partial charge is 0.329 e. The van der Waals surface area contributed by atoms with Crippen LogP contribution in [-0.2, 0) is 0 Å². The van der Waals surface area contributed by atoms with Gasteiger partial charge in [-0.05, 0) is 36.8 Å². The van der Waals surface area contributed by atoms with Gasteiger partial charge in [-0.15, -0.1) is 0 Å². The van der Waals surface area contributed by atoms with Crippen molar-refractivity contribution in [3.8, 4) is 5.69 Å². The Labute approximate surface area is 129 Å². The molecule has 0 spiro atoms. The van der Waals surface area contributed by atoms with Gasteiger partial charge in [0.1, 0.15) is 5.82 Å². The fraction of sp³-hybridized carbons (Fsp3) is 0.167. The van der Waals surface area contributed by atoms with E-state index in [1.807, 2.05) is 54.1 Å². The standard InChI is InChI=1S/C18H18FN3/c1-13-11-18(22(21-13)14-7-3-2-4-8-14)16(12-20)15-9-5-6-10-17(15)19/h2-11,16H,12,20H2,1H3. The monoisotopic (exact) mass is 295 g/mol. The summed E-state index contributed by atoms with van der Waals surface area (Å²) >= 11 is 0. The van der Waals surface area contributed by atoms with Crippen molar-refractivity contribution in [3.05, 3.63) is 83.4 Å². The Bertz CT molecular complexity index is 765. The van der Waals surface area contributed by atoms with E-state index < -0.39 is 0 Å². The number of hydrogen-bond donors (Lipinski definition) is 1. The minimum Gasteiger partial charge on any atom is -0.329 e. The quantitative estimate of drug-likeness (QED) is 0.801. The number of nitrogens with two attached hydrogens (primary N) is 1. The minimum atomic E-state index is -0.239. The molecule has 0 amide bonds. The van der Waals surface area contributed by atoms with E-state index in [-0.39, 0.29) is 11.7 Å². The predicted molar refractivity (Wildman–Crippen MR) is 85.6 cm³/mol. The third-order valence-corrected chi connectivity index (χ3v) is 3.73. The van der Waals surface area contributed by atoms with Gasteiger partial charge in [-0.3, -0.25) is 0 Å². The molecule has 4 heteroatoms. The number of rotatable bonds is 4. The van der Waals surface area contributed by atoms with Gasteiger partial charge >= 0.3 is 0 Å². The molecule has 3 aromatic rings. The van der Waals surface area contributed by atoms with Crippen molar-refractivity contribution in [3.63, 3.8) is 0 Å². The van der Waals surface area contributed by atoms with Crippen LogP contribution in [0.4, 0.5) is 4.39 Å². The highest BCUT2D eigenvalue weighted by molar-refractivity contribution is 5.38. The smallest absolute Gasteiger partial charge is 0.127 e. The van der Waals surface area contributed by atoms with Crippen LogP contribution >= 0.6 is 0 Å². The van der Waals surface area contributed by atoms with E-state index in [1.54, 1.807) is 12.1 Å². The molecule has 112 valence electrons. The average Bonchev–Trinajstić information content (AvgIpc) is 2.92. The third-order valence-electron chi connectivity index (χ3n) is 3.73. The normalized spacial score (nSPS) is 12.3. The van der Waals surface area contributed by atoms with E-state index in [1.165, 1.54) is 6.07 Å². The Balaban J connectivity index is 2.13. The fourth-order valence-electron chi connectivity index (χ4n) is 2.71. The molecule has 3 rings (SSSR count). The summed E-state index contributed by atoms with van der Waals surface area (Å²) in [5.74, 6) is -0.473. The first-order valence-electron chi connectivity index (χ1n) is 7.27. The summed E-state index contributed by atoms with van der Waals surface area (Å²) in [6.45, 7) is 2.25. The van der Waals surface area contributed by atoms with Crippen molar-refractivity contribution in [2.45, 2.75) is 12.8 Å². The zero-order chi connectivity index (χ0) is 15.5. The summed E-state index contributed by atoms with van der Waals surface area (Å²) < 4.78 is 16.0. The lowest BCUT2D eigenvalue weighted by atomic mass is 9.95. The van der Waals surface area contributed by atoms with Crippen LogP contribution in [0, 0.1) is 12.7 Å². The number of para-hydroxylation sites is 1. The molecule has 1 aromatic heterocycles. The van der Waals surface area contributed by atoms with Crippen LogP contribution in [-0.4, -0.2) is 16.3 Å². The van der Waals surface area contributed by atoms with E-state index in [9.17, 15) is 4.39 Å². The van der Waals surface area contributed by atoms with Gasteiger partial charge in [0.15, 0.2) is 0 Å². The molecule has 1 unspecified atom stereocenters. The molecule has 0 aliphatic carbocycles. The zero-order valence-electron chi connectivity index (χ0n) is 12.4. The Morgan fingerprint density at radius 1 is 1.09 bits per heavy atom. The lowest BCUT2D eigenvalue weighted by molar-refractivity contribution is 0.589. The molecule has 0 radical (unpaired) electrons. The van der Waals surface area contributed by atoms with Crippen LogP contribution < -0.4 is 5.73 Å². The SMILES string of the molecule is Cc1cc(C(CN)c2ccccc2F)n(-c2ccccc2)n1. The second-order valence-corrected chi connectivity index (χ2v) is 5.27. The molecule has 1 atom stereocenters. The molecule has 22 heavy (non-hydrogen) atoms. The number of nitrogens with zero attached hydrogens (tertiary/aromatic N) is 2. The molecule has 0 saturated heterocycles. The van der Waals surface area contributed by atoms with Crippen LogP contribution in [0.3, 0.4) is 0 Å². The lowest BCUT2D eigenvalue weighted by Crippen LogP contribution is -2.18. The summed E-state index contributed by atoms with van der Waals surface area (Å²) in [5, 5.41) is 4.54. The highest BCUT2D eigenvalue weighted by atomic mass is 19.1. The van der Waals surface area contributed by atoms with Crippen molar-refractivity contribution in [1.82, 2.24) is 9.78 Å². The maximum absolute atomic E-state index is 14.2. The first kappa shape index (κ1) is 14.5. The van der Waals surface area contributed by atoms with Crippen LogP contribution in [0.5, 0.6) is 0 Å². The van der Waals surface area contributed by atoms with Crippen molar-refractivity contribution in [2.24, 2.45) is 5.73 Å². The van der Waals surface area contributed by atoms with Gasteiger partial charge in [0.05, 0.1) is 17.1 Å². The molecular formula is C18H18FN3. The second-order valence-electron chi connectivity index (χ2n) is 5.27. The summed E-state index contributed by atoms with van der Waals surface area (Å²) in [4.78, 5) is 0.